The first kappa shape index (κ1) is 23.1. The van der Waals surface area contributed by atoms with Gasteiger partial charge < -0.3 is 27.4 Å². The van der Waals surface area contributed by atoms with E-state index in [0.29, 0.717) is 0 Å². The molecule has 32 heavy (non-hydrogen) atoms. The zero-order valence-electron chi connectivity index (χ0n) is 16.1. The number of hydrogen-bond acceptors (Lipinski definition) is 11. The normalized spacial score (nSPS) is 11.9. The Labute approximate surface area is 180 Å². The molecule has 3 aromatic rings. The average Bonchev–Trinajstić information content (AvgIpc) is 2.65. The molecular formula is C17H14O13S2. The molecule has 3 N–H and O–H groups in total. The first-order chi connectivity index (χ1) is 14.8. The van der Waals surface area contributed by atoms with Crippen molar-refractivity contribution >= 4 is 31.8 Å². The van der Waals surface area contributed by atoms with E-state index < -0.39 is 43.5 Å². The van der Waals surface area contributed by atoms with Crippen LogP contribution in [0.1, 0.15) is 0 Å². The summed E-state index contributed by atoms with van der Waals surface area (Å²) in [6, 6.07) is 5.50. The Kier molecular flexibility index (Phi) is 5.92. The zero-order chi connectivity index (χ0) is 23.8. The van der Waals surface area contributed by atoms with E-state index >= 15 is 0 Å². The van der Waals surface area contributed by atoms with Crippen LogP contribution in [-0.2, 0) is 20.8 Å². The second kappa shape index (κ2) is 8.19. The minimum Gasteiger partial charge on any atom is -0.504 e. The van der Waals surface area contributed by atoms with Gasteiger partial charge in [0.05, 0.1) is 14.2 Å². The molecule has 0 aliphatic carbocycles. The van der Waals surface area contributed by atoms with Crippen molar-refractivity contribution in [2.75, 3.05) is 14.2 Å². The number of rotatable bonds is 7. The molecular weight excluding hydrogens is 476 g/mol. The number of fused-ring (bicyclic) bond motifs is 1. The number of aromatic hydroxyl groups is 1. The molecule has 0 unspecified atom stereocenters. The largest absolute Gasteiger partial charge is 0.504 e. The molecule has 2 aromatic carbocycles. The summed E-state index contributed by atoms with van der Waals surface area (Å²) in [4.78, 5) is 12.6. The zero-order valence-corrected chi connectivity index (χ0v) is 17.8. The van der Waals surface area contributed by atoms with Gasteiger partial charge in [0, 0.05) is 17.7 Å². The fourth-order valence-electron chi connectivity index (χ4n) is 2.78. The quantitative estimate of drug-likeness (QED) is 0.404. The van der Waals surface area contributed by atoms with Gasteiger partial charge in [-0.15, -0.1) is 0 Å². The highest BCUT2D eigenvalue weighted by atomic mass is 32.3. The van der Waals surface area contributed by atoms with Crippen LogP contribution < -0.4 is 23.3 Å². The van der Waals surface area contributed by atoms with Gasteiger partial charge in [-0.05, 0) is 18.2 Å². The number of phenols is 1. The number of ether oxygens (including phenoxy) is 2. The number of phenolic OH excluding ortho intramolecular Hbond substituents is 1. The molecule has 0 saturated heterocycles. The summed E-state index contributed by atoms with van der Waals surface area (Å²) in [5, 5.41) is 9.97. The van der Waals surface area contributed by atoms with Crippen molar-refractivity contribution < 1.29 is 53.3 Å². The number of benzene rings is 2. The Balaban J connectivity index is 2.22. The van der Waals surface area contributed by atoms with Crippen molar-refractivity contribution in [3.05, 3.63) is 40.6 Å². The highest BCUT2D eigenvalue weighted by Gasteiger charge is 2.23. The minimum atomic E-state index is -5.01. The summed E-state index contributed by atoms with van der Waals surface area (Å²) < 4.78 is 86.0. The van der Waals surface area contributed by atoms with Crippen LogP contribution in [0.15, 0.2) is 39.5 Å². The first-order valence-corrected chi connectivity index (χ1v) is 11.0. The van der Waals surface area contributed by atoms with E-state index in [0.717, 1.165) is 25.3 Å². The van der Waals surface area contributed by atoms with Gasteiger partial charge in [-0.25, -0.2) is 0 Å². The van der Waals surface area contributed by atoms with Crippen molar-refractivity contribution in [1.29, 1.82) is 0 Å². The monoisotopic (exact) mass is 490 g/mol. The summed E-state index contributed by atoms with van der Waals surface area (Å²) in [5.74, 6) is -2.60. The van der Waals surface area contributed by atoms with Crippen LogP contribution in [0.4, 0.5) is 0 Å². The molecule has 0 fully saturated rings. The molecule has 0 bridgehead atoms. The Morgan fingerprint density at radius 1 is 0.844 bits per heavy atom. The molecule has 0 saturated carbocycles. The molecule has 0 aliphatic rings. The minimum absolute atomic E-state index is 0.110. The predicted molar refractivity (Wildman–Crippen MR) is 107 cm³/mol. The summed E-state index contributed by atoms with van der Waals surface area (Å²) in [6.45, 7) is 0. The Morgan fingerprint density at radius 2 is 1.47 bits per heavy atom. The van der Waals surface area contributed by atoms with Gasteiger partial charge in [0.15, 0.2) is 28.4 Å². The second-order valence-corrected chi connectivity index (χ2v) is 8.04. The lowest BCUT2D eigenvalue weighted by molar-refractivity contribution is 0.343. The molecule has 0 amide bonds. The Hall–Kier alpha value is -3.53. The van der Waals surface area contributed by atoms with Crippen LogP contribution in [0.3, 0.4) is 0 Å². The lowest BCUT2D eigenvalue weighted by atomic mass is 10.1. The maximum absolute atomic E-state index is 12.6. The van der Waals surface area contributed by atoms with E-state index in [9.17, 15) is 26.7 Å². The van der Waals surface area contributed by atoms with Crippen molar-refractivity contribution in [2.24, 2.45) is 0 Å². The average molecular weight is 490 g/mol. The molecule has 15 heteroatoms. The van der Waals surface area contributed by atoms with Gasteiger partial charge in [-0.2, -0.15) is 16.8 Å². The summed E-state index contributed by atoms with van der Waals surface area (Å²) >= 11 is 0. The van der Waals surface area contributed by atoms with Crippen LogP contribution >= 0.6 is 0 Å². The molecule has 0 radical (unpaired) electrons. The summed E-state index contributed by atoms with van der Waals surface area (Å²) in [6.07, 6.45) is 0. The third kappa shape index (κ3) is 4.86. The van der Waals surface area contributed by atoms with E-state index in [1.807, 2.05) is 0 Å². The highest BCUT2D eigenvalue weighted by Crippen LogP contribution is 2.43. The summed E-state index contributed by atoms with van der Waals surface area (Å²) in [7, 11) is -7.58. The van der Waals surface area contributed by atoms with Gasteiger partial charge in [-0.3, -0.25) is 13.9 Å². The standard InChI is InChI=1S/C17H14O13S2/c1-26-12-5-8(3-4-10(12)29-31(20,21)22)11-6-9(18)15-13(28-11)7-14(30-32(23,24)25)17(27-2)16(15)19/h3-7,19H,1-2H3,(H,20,21,22)(H,23,24,25). The van der Waals surface area contributed by atoms with E-state index in [2.05, 4.69) is 8.37 Å². The third-order valence-electron chi connectivity index (χ3n) is 3.96. The van der Waals surface area contributed by atoms with Gasteiger partial charge in [0.1, 0.15) is 16.7 Å². The fourth-order valence-corrected chi connectivity index (χ4v) is 3.49. The third-order valence-corrected chi connectivity index (χ3v) is 4.74. The van der Waals surface area contributed by atoms with E-state index in [4.69, 9.17) is 23.0 Å². The Morgan fingerprint density at radius 3 is 2.03 bits per heavy atom. The topological polar surface area (TPSA) is 196 Å². The van der Waals surface area contributed by atoms with Gasteiger partial charge >= 0.3 is 20.8 Å². The molecule has 1 heterocycles. The maximum atomic E-state index is 12.6. The maximum Gasteiger partial charge on any atom is 0.446 e. The van der Waals surface area contributed by atoms with Gasteiger partial charge in [-0.1, -0.05) is 0 Å². The van der Waals surface area contributed by atoms with Crippen molar-refractivity contribution in [1.82, 2.24) is 0 Å². The predicted octanol–water partition coefficient (Wildman–Crippen LogP) is 1.55. The van der Waals surface area contributed by atoms with Crippen LogP contribution in [0.5, 0.6) is 28.7 Å². The summed E-state index contributed by atoms with van der Waals surface area (Å²) in [5.41, 5.74) is -0.912. The molecule has 13 nitrogen and oxygen atoms in total. The van der Waals surface area contributed by atoms with Crippen molar-refractivity contribution in [3.8, 4) is 40.1 Å². The molecule has 3 rings (SSSR count). The van der Waals surface area contributed by atoms with Gasteiger partial charge in [0.25, 0.3) is 0 Å². The molecule has 1 aromatic heterocycles. The second-order valence-electron chi connectivity index (χ2n) is 5.99. The SMILES string of the molecule is COc1cc(-c2cc(=O)c3c(O)c(OC)c(OS(=O)(=O)O)cc3o2)ccc1OS(=O)(=O)O. The van der Waals surface area contributed by atoms with Crippen molar-refractivity contribution in [3.63, 3.8) is 0 Å². The van der Waals surface area contributed by atoms with Crippen LogP contribution in [0.2, 0.25) is 0 Å². The lowest BCUT2D eigenvalue weighted by Gasteiger charge is -2.13. The molecule has 0 aliphatic heterocycles. The van der Waals surface area contributed by atoms with E-state index in [1.54, 1.807) is 0 Å². The van der Waals surface area contributed by atoms with Gasteiger partial charge in [0.2, 0.25) is 5.75 Å². The number of methoxy groups -OCH3 is 2. The van der Waals surface area contributed by atoms with Crippen LogP contribution in [-0.4, -0.2) is 45.3 Å². The van der Waals surface area contributed by atoms with E-state index in [1.165, 1.54) is 19.2 Å². The molecule has 0 atom stereocenters. The fraction of sp³-hybridized carbons (Fsp3) is 0.118. The smallest absolute Gasteiger partial charge is 0.446 e. The van der Waals surface area contributed by atoms with Crippen LogP contribution in [0.25, 0.3) is 22.3 Å². The van der Waals surface area contributed by atoms with E-state index in [-0.39, 0.29) is 33.8 Å². The lowest BCUT2D eigenvalue weighted by Crippen LogP contribution is -2.09. The molecule has 0 spiro atoms. The Bertz CT molecular complexity index is 1470. The van der Waals surface area contributed by atoms with Crippen LogP contribution in [0, 0.1) is 0 Å². The molecule has 172 valence electrons. The van der Waals surface area contributed by atoms with Crippen molar-refractivity contribution in [2.45, 2.75) is 0 Å². The number of hydrogen-bond donors (Lipinski definition) is 3. The highest BCUT2D eigenvalue weighted by molar-refractivity contribution is 7.81. The first-order valence-electron chi connectivity index (χ1n) is 8.23.